The highest BCUT2D eigenvalue weighted by Gasteiger charge is 2.18. The quantitative estimate of drug-likeness (QED) is 0.565. The molecule has 0 aliphatic carbocycles. The van der Waals surface area contributed by atoms with Crippen LogP contribution in [0.4, 0.5) is 0 Å². The van der Waals surface area contributed by atoms with Crippen LogP contribution in [0.15, 0.2) is 18.2 Å². The van der Waals surface area contributed by atoms with Crippen molar-refractivity contribution in [1.29, 1.82) is 0 Å². The standard InChI is InChI=1S/C18H26O4/c1-6-7-13-8-9-14(12-16(13)21-5)15(19)10-11-17(20)22-18(2,3)4/h8-9,12H,6-7,10-11H2,1-5H3. The number of Topliss-reactive ketones (excluding diaryl/α,β-unsaturated/α-hetero) is 1. The van der Waals surface area contributed by atoms with E-state index in [9.17, 15) is 9.59 Å². The minimum absolute atomic E-state index is 0.0767. The summed E-state index contributed by atoms with van der Waals surface area (Å²) in [6.45, 7) is 7.53. The maximum Gasteiger partial charge on any atom is 0.306 e. The van der Waals surface area contributed by atoms with Gasteiger partial charge in [0.05, 0.1) is 13.5 Å². The van der Waals surface area contributed by atoms with Gasteiger partial charge in [-0.05, 0) is 38.8 Å². The molecule has 0 radical (unpaired) electrons. The van der Waals surface area contributed by atoms with Crippen LogP contribution >= 0.6 is 0 Å². The van der Waals surface area contributed by atoms with Gasteiger partial charge >= 0.3 is 5.97 Å². The summed E-state index contributed by atoms with van der Waals surface area (Å²) in [4.78, 5) is 23.8. The second kappa shape index (κ2) is 7.97. The van der Waals surface area contributed by atoms with Crippen LogP contribution in [0.3, 0.4) is 0 Å². The van der Waals surface area contributed by atoms with E-state index in [4.69, 9.17) is 9.47 Å². The summed E-state index contributed by atoms with van der Waals surface area (Å²) in [7, 11) is 1.60. The van der Waals surface area contributed by atoms with E-state index in [1.165, 1.54) is 0 Å². The Morgan fingerprint density at radius 3 is 2.36 bits per heavy atom. The van der Waals surface area contributed by atoms with E-state index in [2.05, 4.69) is 6.92 Å². The number of esters is 1. The zero-order chi connectivity index (χ0) is 16.8. The van der Waals surface area contributed by atoms with Gasteiger partial charge in [0.25, 0.3) is 0 Å². The highest BCUT2D eigenvalue weighted by Crippen LogP contribution is 2.23. The number of carbonyl (C=O) groups excluding carboxylic acids is 2. The van der Waals surface area contributed by atoms with Crippen molar-refractivity contribution in [3.05, 3.63) is 29.3 Å². The molecule has 0 heterocycles. The highest BCUT2D eigenvalue weighted by molar-refractivity contribution is 5.98. The topological polar surface area (TPSA) is 52.6 Å². The maximum atomic E-state index is 12.2. The van der Waals surface area contributed by atoms with Crippen molar-refractivity contribution in [2.75, 3.05) is 7.11 Å². The summed E-state index contributed by atoms with van der Waals surface area (Å²) < 4.78 is 10.5. The molecule has 1 aromatic carbocycles. The summed E-state index contributed by atoms with van der Waals surface area (Å²) in [5.41, 5.74) is 1.14. The predicted molar refractivity (Wildman–Crippen MR) is 86.4 cm³/mol. The van der Waals surface area contributed by atoms with Crippen LogP contribution in [-0.2, 0) is 16.0 Å². The van der Waals surface area contributed by atoms with Crippen LogP contribution in [0.2, 0.25) is 0 Å². The van der Waals surface area contributed by atoms with E-state index in [-0.39, 0.29) is 24.6 Å². The molecule has 0 bridgehead atoms. The van der Waals surface area contributed by atoms with Gasteiger partial charge in [-0.3, -0.25) is 9.59 Å². The van der Waals surface area contributed by atoms with Gasteiger partial charge in [-0.15, -0.1) is 0 Å². The summed E-state index contributed by atoms with van der Waals surface area (Å²) in [5.74, 6) is 0.299. The number of aryl methyl sites for hydroxylation is 1. The number of methoxy groups -OCH3 is 1. The Balaban J connectivity index is 2.68. The number of benzene rings is 1. The van der Waals surface area contributed by atoms with E-state index in [0.717, 1.165) is 24.2 Å². The molecular formula is C18H26O4. The molecule has 0 aliphatic heterocycles. The molecule has 22 heavy (non-hydrogen) atoms. The molecule has 0 N–H and O–H groups in total. The normalized spacial score (nSPS) is 11.1. The predicted octanol–water partition coefficient (Wildman–Crippen LogP) is 3.95. The fraction of sp³-hybridized carbons (Fsp3) is 0.556. The van der Waals surface area contributed by atoms with Gasteiger partial charge in [-0.1, -0.05) is 25.5 Å². The molecule has 1 rings (SSSR count). The number of ketones is 1. The van der Waals surface area contributed by atoms with Crippen molar-refractivity contribution >= 4 is 11.8 Å². The first-order valence-electron chi connectivity index (χ1n) is 7.68. The van der Waals surface area contributed by atoms with Gasteiger partial charge in [0.1, 0.15) is 11.4 Å². The van der Waals surface area contributed by atoms with Gasteiger partial charge in [0, 0.05) is 12.0 Å². The first-order valence-corrected chi connectivity index (χ1v) is 7.68. The van der Waals surface area contributed by atoms with Crippen molar-refractivity contribution in [3.8, 4) is 5.75 Å². The minimum atomic E-state index is -0.523. The van der Waals surface area contributed by atoms with Crippen molar-refractivity contribution < 1.29 is 19.1 Å². The highest BCUT2D eigenvalue weighted by atomic mass is 16.6. The van der Waals surface area contributed by atoms with Gasteiger partial charge in [0.15, 0.2) is 5.78 Å². The van der Waals surface area contributed by atoms with E-state index >= 15 is 0 Å². The van der Waals surface area contributed by atoms with E-state index < -0.39 is 5.60 Å². The van der Waals surface area contributed by atoms with Crippen molar-refractivity contribution in [2.45, 2.75) is 59.0 Å². The number of hydrogen-bond acceptors (Lipinski definition) is 4. The Hall–Kier alpha value is -1.84. The molecule has 4 heteroatoms. The van der Waals surface area contributed by atoms with Gasteiger partial charge in [0.2, 0.25) is 0 Å². The van der Waals surface area contributed by atoms with E-state index in [1.807, 2.05) is 26.8 Å². The van der Waals surface area contributed by atoms with Gasteiger partial charge in [-0.2, -0.15) is 0 Å². The first kappa shape index (κ1) is 18.2. The summed E-state index contributed by atoms with van der Waals surface area (Å²) in [6.07, 6.45) is 2.16. The van der Waals surface area contributed by atoms with E-state index in [0.29, 0.717) is 5.56 Å². The zero-order valence-corrected chi connectivity index (χ0v) is 14.2. The third-order valence-electron chi connectivity index (χ3n) is 3.10. The lowest BCUT2D eigenvalue weighted by Crippen LogP contribution is -2.24. The lowest BCUT2D eigenvalue weighted by Gasteiger charge is -2.19. The lowest BCUT2D eigenvalue weighted by atomic mass is 10.0. The molecule has 0 amide bonds. The monoisotopic (exact) mass is 306 g/mol. The molecular weight excluding hydrogens is 280 g/mol. The molecule has 0 atom stereocenters. The molecule has 0 saturated heterocycles. The molecule has 0 unspecified atom stereocenters. The van der Waals surface area contributed by atoms with Gasteiger partial charge < -0.3 is 9.47 Å². The number of hydrogen-bond donors (Lipinski definition) is 0. The molecule has 0 fully saturated rings. The Morgan fingerprint density at radius 2 is 1.82 bits per heavy atom. The second-order valence-electron chi connectivity index (χ2n) is 6.29. The van der Waals surface area contributed by atoms with E-state index in [1.54, 1.807) is 19.2 Å². The number of rotatable bonds is 7. The molecule has 1 aromatic rings. The number of carbonyl (C=O) groups is 2. The Labute approximate surface area is 132 Å². The van der Waals surface area contributed by atoms with Crippen molar-refractivity contribution in [3.63, 3.8) is 0 Å². The van der Waals surface area contributed by atoms with Crippen LogP contribution in [0.5, 0.6) is 5.75 Å². The molecule has 0 spiro atoms. The molecule has 122 valence electrons. The first-order chi connectivity index (χ1) is 10.3. The number of ether oxygens (including phenoxy) is 2. The van der Waals surface area contributed by atoms with Crippen LogP contribution in [0.25, 0.3) is 0 Å². The minimum Gasteiger partial charge on any atom is -0.496 e. The average Bonchev–Trinajstić information content (AvgIpc) is 2.43. The smallest absolute Gasteiger partial charge is 0.306 e. The Kier molecular flexibility index (Phi) is 6.60. The molecule has 0 aromatic heterocycles. The third kappa shape index (κ3) is 5.88. The summed E-state index contributed by atoms with van der Waals surface area (Å²) >= 11 is 0. The largest absolute Gasteiger partial charge is 0.496 e. The summed E-state index contributed by atoms with van der Waals surface area (Å²) in [6, 6.07) is 5.47. The fourth-order valence-electron chi connectivity index (χ4n) is 2.15. The van der Waals surface area contributed by atoms with Crippen LogP contribution in [-0.4, -0.2) is 24.5 Å². The zero-order valence-electron chi connectivity index (χ0n) is 14.2. The SMILES string of the molecule is CCCc1ccc(C(=O)CCC(=O)OC(C)(C)C)cc1OC. The van der Waals surface area contributed by atoms with Crippen LogP contribution in [0, 0.1) is 0 Å². The van der Waals surface area contributed by atoms with Crippen molar-refractivity contribution in [1.82, 2.24) is 0 Å². The van der Waals surface area contributed by atoms with Crippen molar-refractivity contribution in [2.24, 2.45) is 0 Å². The third-order valence-corrected chi connectivity index (χ3v) is 3.10. The molecule has 0 saturated carbocycles. The molecule has 4 nitrogen and oxygen atoms in total. The maximum absolute atomic E-state index is 12.2. The molecule has 0 aliphatic rings. The van der Waals surface area contributed by atoms with Crippen LogP contribution < -0.4 is 4.74 Å². The van der Waals surface area contributed by atoms with Crippen LogP contribution in [0.1, 0.15) is 62.9 Å². The Morgan fingerprint density at radius 1 is 1.14 bits per heavy atom. The second-order valence-corrected chi connectivity index (χ2v) is 6.29. The fourth-order valence-corrected chi connectivity index (χ4v) is 2.15. The average molecular weight is 306 g/mol. The summed E-state index contributed by atoms with van der Waals surface area (Å²) in [5, 5.41) is 0. The van der Waals surface area contributed by atoms with Gasteiger partial charge in [-0.25, -0.2) is 0 Å². The Bertz CT molecular complexity index is 526. The lowest BCUT2D eigenvalue weighted by molar-refractivity contribution is -0.154.